The standard InChI is InChI=1S/C15H16ClN2O.C7H8O.2C5H5.Ti/c1-11(2)8-9-19-14-10-13(16)17-15(18-14)12-6-4-3-5-7-12;8-6-7-4-2-1-3-5-7;2*1-2-4-5-3-1;/h3-7,11H,8-9H2,1-2H3;1-5,8H,6H2;2*1-5H;/q-1;;2*-1;+3. The molecule has 195 valence electrons. The van der Waals surface area contributed by atoms with Crippen molar-refractivity contribution in [3.05, 3.63) is 138 Å². The molecule has 5 rings (SSSR count). The summed E-state index contributed by atoms with van der Waals surface area (Å²) >= 11 is 5.95. The normalized spacial score (nSPS) is 9.39. The number of aliphatic hydroxyl groups is 1. The van der Waals surface area contributed by atoms with Gasteiger partial charge in [-0.25, -0.2) is 29.2 Å². The fourth-order valence-electron chi connectivity index (χ4n) is 2.76. The van der Waals surface area contributed by atoms with Gasteiger partial charge in [-0.2, -0.15) is 36.4 Å². The van der Waals surface area contributed by atoms with Crippen LogP contribution in [0.1, 0.15) is 25.8 Å². The van der Waals surface area contributed by atoms with E-state index in [4.69, 9.17) is 21.4 Å². The van der Waals surface area contributed by atoms with Crippen LogP contribution in [0.2, 0.25) is 5.15 Å². The van der Waals surface area contributed by atoms with Crippen LogP contribution >= 0.6 is 11.6 Å². The summed E-state index contributed by atoms with van der Waals surface area (Å²) in [6.07, 6.45) is 0.968. The zero-order valence-electron chi connectivity index (χ0n) is 21.9. The molecule has 0 aliphatic heterocycles. The van der Waals surface area contributed by atoms with E-state index in [9.17, 15) is 0 Å². The van der Waals surface area contributed by atoms with Gasteiger partial charge in [0, 0.05) is 11.4 Å². The quantitative estimate of drug-likeness (QED) is 0.130. The monoisotopic (exact) mass is 561 g/mol. The first-order valence-corrected chi connectivity index (χ1v) is 12.6. The van der Waals surface area contributed by atoms with Crippen LogP contribution in [0.25, 0.3) is 11.4 Å². The van der Waals surface area contributed by atoms with E-state index < -0.39 is 0 Å². The first-order chi connectivity index (χ1) is 18.1. The fraction of sp³-hybridized carbons (Fsp3) is 0.188. The summed E-state index contributed by atoms with van der Waals surface area (Å²) < 4.78 is 5.57. The van der Waals surface area contributed by atoms with Crippen molar-refractivity contribution in [1.82, 2.24) is 9.97 Å². The SMILES string of the molecule is CC(C)CCOc1[c-]c(Cl)nc(-c2ccccc2)n1.OCc1ccccc1.[Ti+3].c1cc[cH-]c1.c1cc[cH-]c1. The molecule has 0 unspecified atom stereocenters. The minimum Gasteiger partial charge on any atom is -0.512 e. The molecule has 1 radical (unpaired) electrons. The molecule has 0 fully saturated rings. The number of halogens is 1. The molecule has 38 heavy (non-hydrogen) atoms. The molecule has 4 aromatic carbocycles. The van der Waals surface area contributed by atoms with Crippen LogP contribution in [0, 0.1) is 12.0 Å². The smallest absolute Gasteiger partial charge is 0.512 e. The number of ether oxygens (including phenoxy) is 1. The van der Waals surface area contributed by atoms with Crippen LogP contribution in [0.3, 0.4) is 0 Å². The Bertz CT molecular complexity index is 1110. The summed E-state index contributed by atoms with van der Waals surface area (Å²) in [4.78, 5) is 8.49. The summed E-state index contributed by atoms with van der Waals surface area (Å²) in [5, 5.41) is 8.81. The van der Waals surface area contributed by atoms with Crippen molar-refractivity contribution in [1.29, 1.82) is 0 Å². The average Bonchev–Trinajstić information content (AvgIpc) is 3.70. The largest absolute Gasteiger partial charge is 3.00 e. The van der Waals surface area contributed by atoms with Crippen molar-refractivity contribution in [3.63, 3.8) is 0 Å². The second kappa shape index (κ2) is 21.0. The van der Waals surface area contributed by atoms with E-state index in [1.807, 2.05) is 121 Å². The van der Waals surface area contributed by atoms with Crippen molar-refractivity contribution in [2.24, 2.45) is 5.92 Å². The zero-order valence-corrected chi connectivity index (χ0v) is 24.2. The number of nitrogens with zero attached hydrogens (tertiary/aromatic N) is 2. The van der Waals surface area contributed by atoms with E-state index in [0.717, 1.165) is 17.5 Å². The molecule has 0 saturated carbocycles. The summed E-state index contributed by atoms with van der Waals surface area (Å²) in [5.74, 6) is 1.55. The molecule has 4 nitrogen and oxygen atoms in total. The maximum Gasteiger partial charge on any atom is 3.00 e. The van der Waals surface area contributed by atoms with Gasteiger partial charge in [-0.3, -0.25) is 4.98 Å². The first-order valence-electron chi connectivity index (χ1n) is 12.2. The third-order valence-electron chi connectivity index (χ3n) is 4.72. The van der Waals surface area contributed by atoms with Gasteiger partial charge < -0.3 is 15.9 Å². The van der Waals surface area contributed by atoms with E-state index in [1.165, 1.54) is 0 Å². The Hall–Kier alpha value is -3.02. The van der Waals surface area contributed by atoms with Gasteiger partial charge in [0.2, 0.25) is 0 Å². The van der Waals surface area contributed by atoms with Crippen LogP contribution in [0.5, 0.6) is 5.88 Å². The molecule has 0 aliphatic carbocycles. The van der Waals surface area contributed by atoms with Gasteiger partial charge in [0.05, 0.1) is 13.2 Å². The van der Waals surface area contributed by atoms with Gasteiger partial charge >= 0.3 is 21.7 Å². The molecule has 0 atom stereocenters. The molecular formula is C32H34ClN2O2Ti. The van der Waals surface area contributed by atoms with E-state index >= 15 is 0 Å². The van der Waals surface area contributed by atoms with Gasteiger partial charge in [0.25, 0.3) is 0 Å². The van der Waals surface area contributed by atoms with E-state index in [-0.39, 0.29) is 33.5 Å². The average molecular weight is 562 g/mol. The predicted octanol–water partition coefficient (Wildman–Crippen LogP) is 8.01. The second-order valence-electron chi connectivity index (χ2n) is 8.23. The van der Waals surface area contributed by atoms with E-state index in [1.54, 1.807) is 0 Å². The molecule has 0 aliphatic rings. The maximum atomic E-state index is 8.54. The Morgan fingerprint density at radius 3 is 1.76 bits per heavy atom. The maximum absolute atomic E-state index is 8.54. The summed E-state index contributed by atoms with van der Waals surface area (Å²) in [5.41, 5.74) is 1.87. The Morgan fingerprint density at radius 1 is 0.816 bits per heavy atom. The van der Waals surface area contributed by atoms with Crippen LogP contribution in [0.15, 0.2) is 121 Å². The van der Waals surface area contributed by atoms with Gasteiger partial charge in [-0.1, -0.05) is 74.5 Å². The third-order valence-corrected chi connectivity index (χ3v) is 4.90. The van der Waals surface area contributed by atoms with Gasteiger partial charge in [0.1, 0.15) is 0 Å². The Balaban J connectivity index is 0.000000308. The molecule has 0 bridgehead atoms. The molecule has 1 aromatic heterocycles. The van der Waals surface area contributed by atoms with Gasteiger partial charge in [-0.15, -0.1) is 11.6 Å². The Kier molecular flexibility index (Phi) is 18.2. The molecule has 0 amide bonds. The molecule has 1 N–H and O–H groups in total. The van der Waals surface area contributed by atoms with Crippen LogP contribution < -0.4 is 4.74 Å². The van der Waals surface area contributed by atoms with E-state index in [0.29, 0.717) is 24.2 Å². The number of aliphatic hydroxyl groups excluding tert-OH is 1. The molecule has 0 saturated heterocycles. The van der Waals surface area contributed by atoms with Crippen molar-refractivity contribution >= 4 is 11.6 Å². The zero-order chi connectivity index (χ0) is 26.6. The van der Waals surface area contributed by atoms with Crippen LogP contribution in [-0.4, -0.2) is 21.7 Å². The van der Waals surface area contributed by atoms with Crippen molar-refractivity contribution in [2.45, 2.75) is 26.9 Å². The predicted molar refractivity (Wildman–Crippen MR) is 153 cm³/mol. The Labute approximate surface area is 247 Å². The Morgan fingerprint density at radius 2 is 1.34 bits per heavy atom. The number of hydrogen-bond donors (Lipinski definition) is 1. The summed E-state index contributed by atoms with van der Waals surface area (Å²) in [6.45, 7) is 5.04. The summed E-state index contributed by atoms with van der Waals surface area (Å²) in [6, 6.07) is 42.0. The summed E-state index contributed by atoms with van der Waals surface area (Å²) in [7, 11) is 0. The second-order valence-corrected chi connectivity index (χ2v) is 8.59. The number of aromatic nitrogens is 2. The fourth-order valence-corrected chi connectivity index (χ4v) is 2.92. The number of rotatable bonds is 6. The molecule has 6 heteroatoms. The molecule has 0 spiro atoms. The molecule has 5 aromatic rings. The topological polar surface area (TPSA) is 55.2 Å². The third kappa shape index (κ3) is 15.3. The number of hydrogen-bond acceptors (Lipinski definition) is 4. The van der Waals surface area contributed by atoms with Crippen LogP contribution in [-0.2, 0) is 28.3 Å². The van der Waals surface area contributed by atoms with Crippen molar-refractivity contribution in [3.8, 4) is 17.3 Å². The first kappa shape index (κ1) is 33.0. The van der Waals surface area contributed by atoms with Gasteiger partial charge in [-0.05, 0) is 23.1 Å². The van der Waals surface area contributed by atoms with Gasteiger partial charge in [0.15, 0.2) is 5.82 Å². The van der Waals surface area contributed by atoms with Crippen molar-refractivity contribution in [2.75, 3.05) is 6.61 Å². The van der Waals surface area contributed by atoms with E-state index in [2.05, 4.69) is 29.9 Å². The number of benzene rings is 2. The molecular weight excluding hydrogens is 528 g/mol. The van der Waals surface area contributed by atoms with Crippen molar-refractivity contribution < 1.29 is 31.6 Å². The minimum atomic E-state index is 0. The van der Waals surface area contributed by atoms with Crippen LogP contribution in [0.4, 0.5) is 0 Å². The molecule has 1 heterocycles. The minimum absolute atomic E-state index is 0.